The lowest BCUT2D eigenvalue weighted by atomic mass is 9.78. The third-order valence-corrected chi connectivity index (χ3v) is 8.21. The molecular formula is C32H40ClNO. The lowest BCUT2D eigenvalue weighted by Crippen LogP contribution is -2.33. The van der Waals surface area contributed by atoms with Crippen LogP contribution in [-0.4, -0.2) is 13.7 Å². The highest BCUT2D eigenvalue weighted by atomic mass is 35.5. The number of halogens is 1. The molecule has 0 amide bonds. The third-order valence-electron chi connectivity index (χ3n) is 7.96. The highest BCUT2D eigenvalue weighted by molar-refractivity contribution is 6.30. The van der Waals surface area contributed by atoms with E-state index >= 15 is 0 Å². The number of hydrogen-bond donors (Lipinski definition) is 0. The summed E-state index contributed by atoms with van der Waals surface area (Å²) in [4.78, 5) is 2.55. The SMILES string of the molecule is C=C(/C=C/c1cccc(N(CC2CCC(c3ccc(Cl)cc3)CC2)C(=C)C2CCCCC2)c1)OC. The van der Waals surface area contributed by atoms with E-state index < -0.39 is 0 Å². The van der Waals surface area contributed by atoms with E-state index in [9.17, 15) is 0 Å². The number of hydrogen-bond acceptors (Lipinski definition) is 2. The minimum absolute atomic E-state index is 0.599. The summed E-state index contributed by atoms with van der Waals surface area (Å²) in [5.41, 5.74) is 5.17. The second-order valence-corrected chi connectivity index (χ2v) is 10.7. The standard InChI is InChI=1S/C32H40ClNO/c1-24(35-3)12-13-26-8-7-11-32(22-26)34(25(2)28-9-5-4-6-10-28)23-27-14-16-29(17-15-27)30-18-20-31(33)21-19-30/h7-8,11-13,18-22,27-29H,1-2,4-6,9-10,14-17,23H2,3H3/b13-12+. The van der Waals surface area contributed by atoms with Crippen LogP contribution in [0, 0.1) is 11.8 Å². The van der Waals surface area contributed by atoms with Crippen LogP contribution in [0.2, 0.25) is 5.02 Å². The van der Waals surface area contributed by atoms with Crippen LogP contribution < -0.4 is 4.90 Å². The van der Waals surface area contributed by atoms with Gasteiger partial charge >= 0.3 is 0 Å². The number of ether oxygens (including phenoxy) is 1. The Bertz CT molecular complexity index is 1010. The van der Waals surface area contributed by atoms with Crippen molar-refractivity contribution in [1.82, 2.24) is 0 Å². The molecule has 0 bridgehead atoms. The molecule has 0 aromatic heterocycles. The zero-order valence-corrected chi connectivity index (χ0v) is 22.0. The van der Waals surface area contributed by atoms with Gasteiger partial charge in [-0.25, -0.2) is 0 Å². The number of anilines is 1. The second kappa shape index (κ2) is 12.5. The summed E-state index contributed by atoms with van der Waals surface area (Å²) in [7, 11) is 1.65. The van der Waals surface area contributed by atoms with Crippen molar-refractivity contribution in [2.24, 2.45) is 11.8 Å². The van der Waals surface area contributed by atoms with E-state index in [1.54, 1.807) is 7.11 Å². The van der Waals surface area contributed by atoms with Crippen LogP contribution in [0.1, 0.15) is 74.8 Å². The lowest BCUT2D eigenvalue weighted by molar-refractivity contribution is 0.309. The molecule has 2 aromatic rings. The van der Waals surface area contributed by atoms with Gasteiger partial charge in [0.05, 0.1) is 7.11 Å². The maximum Gasteiger partial charge on any atom is 0.111 e. The van der Waals surface area contributed by atoms with Gasteiger partial charge in [-0.1, -0.05) is 74.4 Å². The van der Waals surface area contributed by atoms with Crippen LogP contribution in [-0.2, 0) is 4.74 Å². The number of nitrogens with zero attached hydrogens (tertiary/aromatic N) is 1. The predicted molar refractivity (Wildman–Crippen MR) is 151 cm³/mol. The lowest BCUT2D eigenvalue weighted by Gasteiger charge is -2.38. The quantitative estimate of drug-likeness (QED) is 0.257. The molecule has 0 aliphatic heterocycles. The number of benzene rings is 2. The smallest absolute Gasteiger partial charge is 0.111 e. The summed E-state index contributed by atoms with van der Waals surface area (Å²) in [6.45, 7) is 9.63. The van der Waals surface area contributed by atoms with E-state index in [2.05, 4.69) is 60.5 Å². The summed E-state index contributed by atoms with van der Waals surface area (Å²) in [5, 5.41) is 0.822. The zero-order chi connectivity index (χ0) is 24.6. The van der Waals surface area contributed by atoms with Gasteiger partial charge in [-0.3, -0.25) is 0 Å². The summed E-state index contributed by atoms with van der Waals surface area (Å²) >= 11 is 6.11. The van der Waals surface area contributed by atoms with Crippen LogP contribution in [0.15, 0.2) is 79.2 Å². The Morgan fingerprint density at radius 3 is 2.37 bits per heavy atom. The van der Waals surface area contributed by atoms with Gasteiger partial charge in [-0.05, 0) is 97.7 Å². The highest BCUT2D eigenvalue weighted by Gasteiger charge is 2.27. The van der Waals surface area contributed by atoms with Crippen LogP contribution in [0.4, 0.5) is 5.69 Å². The Balaban J connectivity index is 1.48. The molecule has 35 heavy (non-hydrogen) atoms. The molecule has 2 aliphatic rings. The average molecular weight is 490 g/mol. The van der Waals surface area contributed by atoms with Crippen molar-refractivity contribution < 1.29 is 4.74 Å². The van der Waals surface area contributed by atoms with Crippen molar-refractivity contribution in [3.8, 4) is 0 Å². The number of allylic oxidation sites excluding steroid dienone is 2. The average Bonchev–Trinajstić information content (AvgIpc) is 2.91. The molecule has 0 radical (unpaired) electrons. The first-order valence-electron chi connectivity index (χ1n) is 13.3. The first kappa shape index (κ1) is 25.6. The summed E-state index contributed by atoms with van der Waals surface area (Å²) in [5.74, 6) is 2.60. The fourth-order valence-electron chi connectivity index (χ4n) is 5.77. The summed E-state index contributed by atoms with van der Waals surface area (Å²) < 4.78 is 5.20. The van der Waals surface area contributed by atoms with Gasteiger partial charge < -0.3 is 9.64 Å². The van der Waals surface area contributed by atoms with Crippen LogP contribution in [0.5, 0.6) is 0 Å². The molecule has 0 saturated heterocycles. The van der Waals surface area contributed by atoms with E-state index in [4.69, 9.17) is 16.3 Å². The predicted octanol–water partition coefficient (Wildman–Crippen LogP) is 9.39. The molecule has 2 aliphatic carbocycles. The molecule has 4 rings (SSSR count). The third kappa shape index (κ3) is 7.04. The monoisotopic (exact) mass is 489 g/mol. The normalized spacial score (nSPS) is 21.1. The topological polar surface area (TPSA) is 12.5 Å². The van der Waals surface area contributed by atoms with Gasteiger partial charge in [0.2, 0.25) is 0 Å². The van der Waals surface area contributed by atoms with Crippen molar-refractivity contribution >= 4 is 23.4 Å². The molecule has 0 unspecified atom stereocenters. The van der Waals surface area contributed by atoms with Crippen LogP contribution in [0.3, 0.4) is 0 Å². The zero-order valence-electron chi connectivity index (χ0n) is 21.2. The fraction of sp³-hybridized carbons (Fsp3) is 0.438. The van der Waals surface area contributed by atoms with Crippen molar-refractivity contribution in [2.45, 2.75) is 63.7 Å². The molecule has 2 aromatic carbocycles. The van der Waals surface area contributed by atoms with E-state index in [1.807, 2.05) is 18.2 Å². The molecule has 0 spiro atoms. The van der Waals surface area contributed by atoms with Gasteiger partial charge in [-0.15, -0.1) is 0 Å². The van der Waals surface area contributed by atoms with Gasteiger partial charge in [0, 0.05) is 23.0 Å². The number of rotatable bonds is 9. The maximum absolute atomic E-state index is 6.11. The molecule has 0 N–H and O–H groups in total. The minimum atomic E-state index is 0.599. The molecule has 3 heteroatoms. The van der Waals surface area contributed by atoms with Gasteiger partial charge in [0.1, 0.15) is 5.76 Å². The highest BCUT2D eigenvalue weighted by Crippen LogP contribution is 2.39. The Morgan fingerprint density at radius 1 is 0.971 bits per heavy atom. The van der Waals surface area contributed by atoms with Crippen LogP contribution in [0.25, 0.3) is 6.08 Å². The Morgan fingerprint density at radius 2 is 1.69 bits per heavy atom. The number of methoxy groups -OCH3 is 1. The van der Waals surface area contributed by atoms with Crippen molar-refractivity contribution in [3.63, 3.8) is 0 Å². The van der Waals surface area contributed by atoms with Crippen molar-refractivity contribution in [2.75, 3.05) is 18.6 Å². The molecule has 0 atom stereocenters. The second-order valence-electron chi connectivity index (χ2n) is 10.3. The van der Waals surface area contributed by atoms with Gasteiger partial charge in [0.25, 0.3) is 0 Å². The van der Waals surface area contributed by atoms with E-state index in [0.29, 0.717) is 23.5 Å². The minimum Gasteiger partial charge on any atom is -0.497 e. The molecule has 2 fully saturated rings. The van der Waals surface area contributed by atoms with E-state index in [0.717, 1.165) is 17.1 Å². The van der Waals surface area contributed by atoms with E-state index in [-0.39, 0.29) is 0 Å². The van der Waals surface area contributed by atoms with Crippen LogP contribution >= 0.6 is 11.6 Å². The van der Waals surface area contributed by atoms with Crippen molar-refractivity contribution in [1.29, 1.82) is 0 Å². The van der Waals surface area contributed by atoms with Crippen molar-refractivity contribution in [3.05, 3.63) is 95.4 Å². The largest absolute Gasteiger partial charge is 0.497 e. The molecule has 2 saturated carbocycles. The molecule has 0 heterocycles. The first-order valence-corrected chi connectivity index (χ1v) is 13.6. The van der Waals surface area contributed by atoms with Gasteiger partial charge in [0.15, 0.2) is 0 Å². The Kier molecular flexibility index (Phi) is 9.15. The molecular weight excluding hydrogens is 450 g/mol. The fourth-order valence-corrected chi connectivity index (χ4v) is 5.90. The van der Waals surface area contributed by atoms with Gasteiger partial charge in [-0.2, -0.15) is 0 Å². The Hall–Kier alpha value is -2.45. The van der Waals surface area contributed by atoms with E-state index in [1.165, 1.54) is 74.7 Å². The molecule has 2 nitrogen and oxygen atoms in total. The Labute approximate surface area is 217 Å². The molecule has 186 valence electrons. The first-order chi connectivity index (χ1) is 17.0. The maximum atomic E-state index is 6.11. The summed E-state index contributed by atoms with van der Waals surface area (Å²) in [6, 6.07) is 17.3. The summed E-state index contributed by atoms with van der Waals surface area (Å²) in [6.07, 6.45) is 15.6.